The monoisotopic (exact) mass is 441 g/mol. The van der Waals surface area contributed by atoms with Crippen molar-refractivity contribution in [3.63, 3.8) is 0 Å². The van der Waals surface area contributed by atoms with Crippen LogP contribution in [0.2, 0.25) is 5.02 Å². The third-order valence-electron chi connectivity index (χ3n) is 3.83. The Bertz CT molecular complexity index is 1020. The molecule has 3 aromatic rings. The molecular weight excluding hydrogens is 427 g/mol. The van der Waals surface area contributed by atoms with Gasteiger partial charge < -0.3 is 10.1 Å². The minimum Gasteiger partial charge on any atom is -0.497 e. The van der Waals surface area contributed by atoms with E-state index in [-0.39, 0.29) is 16.5 Å². The summed E-state index contributed by atoms with van der Waals surface area (Å²) in [6.45, 7) is 0. The number of nitrogens with one attached hydrogen (secondary N) is 1. The first-order valence-electron chi connectivity index (χ1n) is 8.25. The molecule has 1 heterocycles. The lowest BCUT2D eigenvalue weighted by molar-refractivity contribution is -0.137. The molecule has 0 saturated heterocycles. The zero-order chi connectivity index (χ0) is 21.0. The number of carbonyl (C=O) groups is 1. The highest BCUT2D eigenvalue weighted by Crippen LogP contribution is 2.36. The summed E-state index contributed by atoms with van der Waals surface area (Å²) >= 11 is 6.75. The number of amides is 1. The summed E-state index contributed by atoms with van der Waals surface area (Å²) in [5, 5.41) is 2.74. The summed E-state index contributed by atoms with van der Waals surface area (Å²) in [6, 6.07) is 10.5. The van der Waals surface area contributed by atoms with E-state index in [4.69, 9.17) is 16.3 Å². The van der Waals surface area contributed by atoms with Crippen LogP contribution < -0.4 is 10.1 Å². The molecular formula is C19H15ClF3N3O2S. The van der Waals surface area contributed by atoms with Crippen LogP contribution in [-0.2, 0) is 11.0 Å². The zero-order valence-corrected chi connectivity index (χ0v) is 16.6. The molecule has 0 saturated carbocycles. The zero-order valence-electron chi connectivity index (χ0n) is 15.0. The number of rotatable bonds is 6. The van der Waals surface area contributed by atoms with Gasteiger partial charge in [0.25, 0.3) is 0 Å². The molecule has 2 aromatic carbocycles. The lowest BCUT2D eigenvalue weighted by atomic mass is 10.1. The maximum atomic E-state index is 13.2. The van der Waals surface area contributed by atoms with Crippen molar-refractivity contribution in [2.75, 3.05) is 18.2 Å². The fraction of sp³-hybridized carbons (Fsp3) is 0.158. The maximum absolute atomic E-state index is 13.2. The van der Waals surface area contributed by atoms with Crippen LogP contribution in [0.25, 0.3) is 5.69 Å². The number of aromatic nitrogens is 2. The third kappa shape index (κ3) is 5.24. The van der Waals surface area contributed by atoms with E-state index in [1.165, 1.54) is 6.07 Å². The van der Waals surface area contributed by atoms with Gasteiger partial charge in [-0.05, 0) is 30.3 Å². The molecule has 0 atom stereocenters. The average molecular weight is 442 g/mol. The molecule has 0 aliphatic heterocycles. The fourth-order valence-corrected chi connectivity index (χ4v) is 3.47. The van der Waals surface area contributed by atoms with E-state index < -0.39 is 17.6 Å². The molecule has 3 rings (SSSR count). The first-order valence-corrected chi connectivity index (χ1v) is 9.61. The van der Waals surface area contributed by atoms with Crippen molar-refractivity contribution in [3.8, 4) is 11.4 Å². The van der Waals surface area contributed by atoms with Crippen LogP contribution in [0.4, 0.5) is 18.9 Å². The van der Waals surface area contributed by atoms with E-state index in [9.17, 15) is 18.0 Å². The molecule has 0 aliphatic rings. The first kappa shape index (κ1) is 21.1. The van der Waals surface area contributed by atoms with Crippen LogP contribution in [0.1, 0.15) is 5.56 Å². The maximum Gasteiger partial charge on any atom is 0.418 e. The Morgan fingerprint density at radius 1 is 1.28 bits per heavy atom. The molecule has 1 aromatic heterocycles. The predicted octanol–water partition coefficient (Wildman–Crippen LogP) is 5.28. The van der Waals surface area contributed by atoms with Gasteiger partial charge in [-0.2, -0.15) is 13.2 Å². The fourth-order valence-electron chi connectivity index (χ4n) is 2.53. The highest BCUT2D eigenvalue weighted by molar-refractivity contribution is 7.99. The molecule has 152 valence electrons. The Balaban J connectivity index is 1.71. The van der Waals surface area contributed by atoms with Gasteiger partial charge in [-0.15, -0.1) is 0 Å². The quantitative estimate of drug-likeness (QED) is 0.528. The number of carbonyl (C=O) groups excluding carboxylic acids is 1. The van der Waals surface area contributed by atoms with E-state index in [0.29, 0.717) is 10.9 Å². The first-order chi connectivity index (χ1) is 13.8. The lowest BCUT2D eigenvalue weighted by Crippen LogP contribution is -2.18. The molecule has 5 nitrogen and oxygen atoms in total. The molecule has 0 spiro atoms. The number of ether oxygens (including phenoxy) is 1. The second kappa shape index (κ2) is 8.79. The van der Waals surface area contributed by atoms with Gasteiger partial charge in [0.05, 0.1) is 29.8 Å². The Labute approximate surface area is 173 Å². The Kier molecular flexibility index (Phi) is 6.39. The second-order valence-corrected chi connectivity index (χ2v) is 7.18. The number of hydrogen-bond donors (Lipinski definition) is 1. The van der Waals surface area contributed by atoms with E-state index in [2.05, 4.69) is 10.3 Å². The van der Waals surface area contributed by atoms with E-state index >= 15 is 0 Å². The minimum atomic E-state index is -4.64. The van der Waals surface area contributed by atoms with Crippen molar-refractivity contribution in [3.05, 3.63) is 65.4 Å². The van der Waals surface area contributed by atoms with Gasteiger partial charge in [-0.3, -0.25) is 9.36 Å². The number of benzene rings is 2. The number of anilines is 1. The molecule has 29 heavy (non-hydrogen) atoms. The van der Waals surface area contributed by atoms with Crippen molar-refractivity contribution in [2.24, 2.45) is 0 Å². The number of nitrogens with zero attached hydrogens (tertiary/aromatic N) is 2. The third-order valence-corrected chi connectivity index (χ3v) is 5.03. The Morgan fingerprint density at radius 2 is 2.07 bits per heavy atom. The summed E-state index contributed by atoms with van der Waals surface area (Å²) in [5.74, 6) is -0.0590. The smallest absolute Gasteiger partial charge is 0.418 e. The van der Waals surface area contributed by atoms with Crippen molar-refractivity contribution in [1.29, 1.82) is 0 Å². The summed E-state index contributed by atoms with van der Waals surface area (Å²) in [5.41, 5.74) is -0.563. The van der Waals surface area contributed by atoms with Gasteiger partial charge in [0.15, 0.2) is 5.16 Å². The van der Waals surface area contributed by atoms with Crippen molar-refractivity contribution < 1.29 is 22.7 Å². The topological polar surface area (TPSA) is 56.2 Å². The molecule has 10 heteroatoms. The van der Waals surface area contributed by atoms with Gasteiger partial charge in [0, 0.05) is 23.5 Å². The highest BCUT2D eigenvalue weighted by atomic mass is 35.5. The molecule has 1 N–H and O–H groups in total. The molecule has 0 unspecified atom stereocenters. The second-order valence-electron chi connectivity index (χ2n) is 5.81. The number of thioether (sulfide) groups is 1. The van der Waals surface area contributed by atoms with Crippen LogP contribution in [0.15, 0.2) is 60.0 Å². The van der Waals surface area contributed by atoms with Crippen molar-refractivity contribution >= 4 is 35.0 Å². The van der Waals surface area contributed by atoms with Crippen LogP contribution in [0, 0.1) is 0 Å². The number of hydrogen-bond acceptors (Lipinski definition) is 4. The number of alkyl halides is 3. The summed E-state index contributed by atoms with van der Waals surface area (Å²) in [7, 11) is 1.55. The highest BCUT2D eigenvalue weighted by Gasteiger charge is 2.34. The van der Waals surface area contributed by atoms with Crippen LogP contribution in [0.5, 0.6) is 5.75 Å². The SMILES string of the molecule is COc1cccc(-n2ccnc2SCC(=O)Nc2ccc(Cl)cc2C(F)(F)F)c1. The van der Waals surface area contributed by atoms with Gasteiger partial charge >= 0.3 is 6.18 Å². The summed E-state index contributed by atoms with van der Waals surface area (Å²) in [4.78, 5) is 16.4. The summed E-state index contributed by atoms with van der Waals surface area (Å²) < 4.78 is 46.4. The van der Waals surface area contributed by atoms with E-state index in [1.54, 1.807) is 36.2 Å². The van der Waals surface area contributed by atoms with E-state index in [1.807, 2.05) is 12.1 Å². The molecule has 0 radical (unpaired) electrons. The predicted molar refractivity (Wildman–Crippen MR) is 106 cm³/mol. The van der Waals surface area contributed by atoms with Crippen molar-refractivity contribution in [1.82, 2.24) is 9.55 Å². The Morgan fingerprint density at radius 3 is 2.79 bits per heavy atom. The minimum absolute atomic E-state index is 0.0648. The van der Waals surface area contributed by atoms with Crippen LogP contribution >= 0.6 is 23.4 Å². The number of halogens is 4. The standard InChI is InChI=1S/C19H15ClF3N3O2S/c1-28-14-4-2-3-13(10-14)26-8-7-24-18(26)29-11-17(27)25-16-6-5-12(20)9-15(16)19(21,22)23/h2-10H,11H2,1H3,(H,25,27). The largest absolute Gasteiger partial charge is 0.497 e. The van der Waals surface area contributed by atoms with Gasteiger partial charge in [-0.1, -0.05) is 29.4 Å². The number of imidazole rings is 1. The average Bonchev–Trinajstić information content (AvgIpc) is 3.15. The van der Waals surface area contributed by atoms with E-state index in [0.717, 1.165) is 29.6 Å². The molecule has 1 amide bonds. The van der Waals surface area contributed by atoms with Gasteiger partial charge in [-0.25, -0.2) is 4.98 Å². The van der Waals surface area contributed by atoms with Crippen molar-refractivity contribution in [2.45, 2.75) is 11.3 Å². The van der Waals surface area contributed by atoms with Gasteiger partial charge in [0.2, 0.25) is 5.91 Å². The number of methoxy groups -OCH3 is 1. The van der Waals surface area contributed by atoms with Crippen LogP contribution in [0.3, 0.4) is 0 Å². The molecule has 0 bridgehead atoms. The summed E-state index contributed by atoms with van der Waals surface area (Å²) in [6.07, 6.45) is -1.35. The molecule has 0 fully saturated rings. The molecule has 0 aliphatic carbocycles. The van der Waals surface area contributed by atoms with Crippen LogP contribution in [-0.4, -0.2) is 28.3 Å². The lowest BCUT2D eigenvalue weighted by Gasteiger charge is -2.14. The van der Waals surface area contributed by atoms with Gasteiger partial charge in [0.1, 0.15) is 5.75 Å². The Hall–Kier alpha value is -2.65. The normalized spacial score (nSPS) is 11.3.